The van der Waals surface area contributed by atoms with E-state index in [0.717, 1.165) is 0 Å². The number of carbonyl (C=O) groups is 2. The van der Waals surface area contributed by atoms with Crippen LogP contribution in [0, 0.1) is 5.41 Å². The van der Waals surface area contributed by atoms with E-state index in [4.69, 9.17) is 4.74 Å². The van der Waals surface area contributed by atoms with Gasteiger partial charge in [-0.1, -0.05) is 13.0 Å². The summed E-state index contributed by atoms with van der Waals surface area (Å²) in [5.41, 5.74) is -1.04. The molecule has 19 heavy (non-hydrogen) atoms. The molecule has 0 saturated carbocycles. The fourth-order valence-corrected chi connectivity index (χ4v) is 2.30. The molecule has 1 amide bonds. The summed E-state index contributed by atoms with van der Waals surface area (Å²) in [7, 11) is 0. The van der Waals surface area contributed by atoms with Gasteiger partial charge in [0.15, 0.2) is 0 Å². The highest BCUT2D eigenvalue weighted by Crippen LogP contribution is 2.30. The summed E-state index contributed by atoms with van der Waals surface area (Å²) in [6, 6.07) is 0. The van der Waals surface area contributed by atoms with Crippen molar-refractivity contribution in [1.82, 2.24) is 4.90 Å². The maximum Gasteiger partial charge on any atom is 0.410 e. The minimum absolute atomic E-state index is 0.207. The molecule has 0 spiro atoms. The van der Waals surface area contributed by atoms with E-state index in [1.165, 1.54) is 0 Å². The highest BCUT2D eigenvalue weighted by molar-refractivity contribution is 5.86. The Bertz CT molecular complexity index is 370. The van der Waals surface area contributed by atoms with E-state index in [0.29, 0.717) is 32.4 Å². The molecule has 1 fully saturated rings. The number of hydrogen-bond acceptors (Lipinski definition) is 3. The van der Waals surface area contributed by atoms with Crippen LogP contribution in [0.4, 0.5) is 4.79 Å². The van der Waals surface area contributed by atoms with Crippen LogP contribution in [0.1, 0.15) is 47.0 Å². The van der Waals surface area contributed by atoms with Crippen LogP contribution in [-0.2, 0) is 9.53 Å². The average Bonchev–Trinajstić information content (AvgIpc) is 2.38. The number of ether oxygens (including phenoxy) is 1. The normalized spacial score (nSPS) is 24.8. The lowest BCUT2D eigenvalue weighted by atomic mass is 9.81. The second kappa shape index (κ2) is 5.76. The number of amides is 1. The Morgan fingerprint density at radius 3 is 2.68 bits per heavy atom. The van der Waals surface area contributed by atoms with Crippen molar-refractivity contribution in [2.75, 3.05) is 13.1 Å². The van der Waals surface area contributed by atoms with Gasteiger partial charge in [-0.25, -0.2) is 4.79 Å². The number of allylic oxidation sites excluding steroid dienone is 1. The Labute approximate surface area is 115 Å². The number of rotatable bonds is 2. The molecule has 0 N–H and O–H groups in total. The Morgan fingerprint density at radius 2 is 2.16 bits per heavy atom. The number of nitrogens with zero attached hydrogens (tertiary/aromatic N) is 1. The molecule has 1 saturated heterocycles. The first-order valence-corrected chi connectivity index (χ1v) is 6.80. The third kappa shape index (κ3) is 4.37. The minimum atomic E-state index is -0.533. The van der Waals surface area contributed by atoms with E-state index in [9.17, 15) is 9.59 Å². The second-order valence-corrected chi connectivity index (χ2v) is 6.48. The fraction of sp³-hybridized carbons (Fsp3) is 0.733. The lowest BCUT2D eigenvalue weighted by molar-refractivity contribution is -0.127. The zero-order valence-corrected chi connectivity index (χ0v) is 12.5. The molecule has 1 aliphatic heterocycles. The second-order valence-electron chi connectivity index (χ2n) is 6.48. The van der Waals surface area contributed by atoms with E-state index in [1.807, 2.05) is 27.7 Å². The van der Waals surface area contributed by atoms with Gasteiger partial charge < -0.3 is 9.64 Å². The van der Waals surface area contributed by atoms with Crippen LogP contribution in [-0.4, -0.2) is 35.5 Å². The zero-order chi connectivity index (χ0) is 14.7. The van der Waals surface area contributed by atoms with E-state index in [1.54, 1.807) is 11.0 Å². The van der Waals surface area contributed by atoms with Crippen molar-refractivity contribution < 1.29 is 14.3 Å². The van der Waals surface area contributed by atoms with Gasteiger partial charge in [0.25, 0.3) is 0 Å². The molecular weight excluding hydrogens is 242 g/mol. The summed E-state index contributed by atoms with van der Waals surface area (Å²) in [6.07, 6.45) is 3.22. The average molecular weight is 267 g/mol. The van der Waals surface area contributed by atoms with Crippen molar-refractivity contribution in [3.05, 3.63) is 12.7 Å². The zero-order valence-electron chi connectivity index (χ0n) is 12.5. The van der Waals surface area contributed by atoms with Gasteiger partial charge in [0, 0.05) is 24.9 Å². The molecule has 0 unspecified atom stereocenters. The third-order valence-electron chi connectivity index (χ3n) is 3.29. The van der Waals surface area contributed by atoms with Crippen molar-refractivity contribution in [2.45, 2.75) is 52.6 Å². The molecule has 0 aromatic rings. The van der Waals surface area contributed by atoms with Crippen molar-refractivity contribution >= 4 is 11.9 Å². The first-order valence-electron chi connectivity index (χ1n) is 6.80. The van der Waals surface area contributed by atoms with Crippen LogP contribution in [0.25, 0.3) is 0 Å². The number of hydrogen-bond donors (Lipinski definition) is 0. The minimum Gasteiger partial charge on any atom is -0.444 e. The molecule has 4 heteroatoms. The Balaban J connectivity index is 2.82. The molecule has 0 aromatic heterocycles. The van der Waals surface area contributed by atoms with Crippen molar-refractivity contribution in [2.24, 2.45) is 5.41 Å². The van der Waals surface area contributed by atoms with Crippen LogP contribution in [0.2, 0.25) is 0 Å². The molecule has 0 aliphatic carbocycles. The molecule has 4 nitrogen and oxygen atoms in total. The summed E-state index contributed by atoms with van der Waals surface area (Å²) in [5, 5.41) is 0. The Hall–Kier alpha value is -1.32. The summed E-state index contributed by atoms with van der Waals surface area (Å²) < 4.78 is 5.39. The third-order valence-corrected chi connectivity index (χ3v) is 3.29. The molecule has 0 bridgehead atoms. The largest absolute Gasteiger partial charge is 0.444 e. The fourth-order valence-electron chi connectivity index (χ4n) is 2.30. The smallest absolute Gasteiger partial charge is 0.410 e. The summed E-state index contributed by atoms with van der Waals surface area (Å²) >= 11 is 0. The predicted molar refractivity (Wildman–Crippen MR) is 75.0 cm³/mol. The first-order chi connectivity index (χ1) is 8.68. The molecule has 1 rings (SSSR count). The molecule has 1 aliphatic rings. The van der Waals surface area contributed by atoms with Gasteiger partial charge in [0.05, 0.1) is 0 Å². The van der Waals surface area contributed by atoms with Gasteiger partial charge >= 0.3 is 6.09 Å². The van der Waals surface area contributed by atoms with E-state index in [2.05, 4.69) is 6.58 Å². The number of likely N-dealkylation sites (tertiary alicyclic amines) is 1. The van der Waals surface area contributed by atoms with Crippen LogP contribution < -0.4 is 0 Å². The highest BCUT2D eigenvalue weighted by Gasteiger charge is 2.38. The van der Waals surface area contributed by atoms with Crippen molar-refractivity contribution in [1.29, 1.82) is 0 Å². The van der Waals surface area contributed by atoms with Crippen molar-refractivity contribution in [3.63, 3.8) is 0 Å². The van der Waals surface area contributed by atoms with E-state index >= 15 is 0 Å². The topological polar surface area (TPSA) is 46.6 Å². The maximum absolute atomic E-state index is 12.2. The molecular formula is C15H25NO3. The van der Waals surface area contributed by atoms with Crippen LogP contribution in [0.15, 0.2) is 12.7 Å². The molecule has 108 valence electrons. The number of carbonyl (C=O) groups excluding carboxylic acids is 2. The van der Waals surface area contributed by atoms with Gasteiger partial charge in [-0.2, -0.15) is 0 Å². The van der Waals surface area contributed by atoms with Crippen LogP contribution >= 0.6 is 0 Å². The highest BCUT2D eigenvalue weighted by atomic mass is 16.6. The maximum atomic E-state index is 12.2. The van der Waals surface area contributed by atoms with E-state index < -0.39 is 11.0 Å². The Kier molecular flexibility index (Phi) is 4.77. The standard InChI is InChI=1S/C15H25NO3/c1-6-9-15(5)11-16(10-7-8-12(15)17)13(18)19-14(2,3)4/h6H,1,7-11H2,2-5H3/t15-/m1/s1. The lowest BCUT2D eigenvalue weighted by Gasteiger charge is -2.32. The Morgan fingerprint density at radius 1 is 1.53 bits per heavy atom. The van der Waals surface area contributed by atoms with Gasteiger partial charge in [-0.3, -0.25) is 4.79 Å². The number of Topliss-reactive ketones (excluding diaryl/α,β-unsaturated/α-hetero) is 1. The molecule has 0 radical (unpaired) electrons. The summed E-state index contributed by atoms with van der Waals surface area (Å²) in [4.78, 5) is 25.9. The quantitative estimate of drug-likeness (QED) is 0.722. The number of ketones is 1. The van der Waals surface area contributed by atoms with E-state index in [-0.39, 0.29) is 11.9 Å². The van der Waals surface area contributed by atoms with Gasteiger partial charge in [0.1, 0.15) is 11.4 Å². The molecule has 0 aromatic carbocycles. The molecule has 1 heterocycles. The molecule has 1 atom stereocenters. The lowest BCUT2D eigenvalue weighted by Crippen LogP contribution is -2.43. The predicted octanol–water partition coefficient (Wildman–Crippen LogP) is 3.17. The first kappa shape index (κ1) is 15.7. The monoisotopic (exact) mass is 267 g/mol. The summed E-state index contributed by atoms with van der Waals surface area (Å²) in [6.45, 7) is 12.1. The van der Waals surface area contributed by atoms with Gasteiger partial charge in [-0.05, 0) is 33.6 Å². The summed E-state index contributed by atoms with van der Waals surface area (Å²) in [5.74, 6) is 0.207. The van der Waals surface area contributed by atoms with Gasteiger partial charge in [-0.15, -0.1) is 6.58 Å². The van der Waals surface area contributed by atoms with Crippen molar-refractivity contribution in [3.8, 4) is 0 Å². The van der Waals surface area contributed by atoms with Crippen LogP contribution in [0.3, 0.4) is 0 Å². The SMILES string of the molecule is C=CC[C@]1(C)CN(C(=O)OC(C)(C)C)CCCC1=O. The van der Waals surface area contributed by atoms with Crippen LogP contribution in [0.5, 0.6) is 0 Å². The van der Waals surface area contributed by atoms with Gasteiger partial charge in [0.2, 0.25) is 0 Å².